The van der Waals surface area contributed by atoms with Gasteiger partial charge in [-0.15, -0.1) is 0 Å². The second kappa shape index (κ2) is 7.62. The van der Waals surface area contributed by atoms with Crippen LogP contribution in [0.5, 0.6) is 0 Å². The topological polar surface area (TPSA) is 78.4 Å². The third-order valence-corrected chi connectivity index (χ3v) is 4.07. The molecule has 1 rings (SSSR count). The van der Waals surface area contributed by atoms with Crippen molar-refractivity contribution in [2.75, 3.05) is 19.6 Å². The van der Waals surface area contributed by atoms with Gasteiger partial charge in [-0.2, -0.15) is 0 Å². The smallest absolute Gasteiger partial charge is 0.303 e. The maximum absolute atomic E-state index is 12.3. The van der Waals surface area contributed by atoms with Gasteiger partial charge < -0.3 is 15.7 Å². The number of nitrogens with one attached hydrogen (secondary N) is 2. The van der Waals surface area contributed by atoms with E-state index in [-0.39, 0.29) is 23.7 Å². The van der Waals surface area contributed by atoms with Crippen molar-refractivity contribution < 1.29 is 14.7 Å². The molecule has 1 heterocycles. The summed E-state index contributed by atoms with van der Waals surface area (Å²) in [7, 11) is 0. The van der Waals surface area contributed by atoms with Gasteiger partial charge in [0, 0.05) is 18.4 Å². The second-order valence-corrected chi connectivity index (χ2v) is 6.61. The van der Waals surface area contributed by atoms with Gasteiger partial charge >= 0.3 is 5.97 Å². The van der Waals surface area contributed by atoms with Crippen LogP contribution in [0.1, 0.15) is 46.5 Å². The molecule has 1 fully saturated rings. The Hall–Kier alpha value is -1.10. The Kier molecular flexibility index (Phi) is 6.46. The summed E-state index contributed by atoms with van der Waals surface area (Å²) >= 11 is 0. The van der Waals surface area contributed by atoms with E-state index < -0.39 is 5.97 Å². The van der Waals surface area contributed by atoms with E-state index in [4.69, 9.17) is 5.11 Å². The van der Waals surface area contributed by atoms with Crippen LogP contribution >= 0.6 is 0 Å². The molecule has 0 saturated carbocycles. The van der Waals surface area contributed by atoms with Crippen LogP contribution in [-0.2, 0) is 9.59 Å². The highest BCUT2D eigenvalue weighted by molar-refractivity contribution is 5.82. The molecule has 5 nitrogen and oxygen atoms in total. The number of amides is 1. The highest BCUT2D eigenvalue weighted by Gasteiger charge is 2.34. The first kappa shape index (κ1) is 17.0. The number of carbonyl (C=O) groups excluding carboxylic acids is 1. The molecular weight excluding hydrogens is 256 g/mol. The van der Waals surface area contributed by atoms with Crippen molar-refractivity contribution in [3.05, 3.63) is 0 Å². The van der Waals surface area contributed by atoms with Gasteiger partial charge in [-0.25, -0.2) is 0 Å². The van der Waals surface area contributed by atoms with Crippen LogP contribution in [0.4, 0.5) is 0 Å². The average molecular weight is 284 g/mol. The fourth-order valence-electron chi connectivity index (χ4n) is 2.81. The van der Waals surface area contributed by atoms with Crippen LogP contribution in [0.25, 0.3) is 0 Å². The zero-order chi connectivity index (χ0) is 15.2. The van der Waals surface area contributed by atoms with Crippen LogP contribution in [0, 0.1) is 17.3 Å². The van der Waals surface area contributed by atoms with E-state index in [2.05, 4.69) is 24.5 Å². The van der Waals surface area contributed by atoms with Crippen LogP contribution < -0.4 is 10.6 Å². The first-order valence-corrected chi connectivity index (χ1v) is 7.54. The molecule has 5 heteroatoms. The summed E-state index contributed by atoms with van der Waals surface area (Å²) in [6.45, 7) is 8.35. The standard InChI is InChI=1S/C15H28N2O3/c1-11(2)8-12(9-13(18)19)10-17-14(20)15(3)4-6-16-7-5-15/h11-12,16H,4-10H2,1-3H3,(H,17,20)(H,18,19). The molecule has 1 atom stereocenters. The molecule has 0 aliphatic carbocycles. The summed E-state index contributed by atoms with van der Waals surface area (Å²) in [5.41, 5.74) is -0.309. The third kappa shape index (κ3) is 5.49. The number of rotatable bonds is 7. The molecular formula is C15H28N2O3. The molecule has 1 aliphatic heterocycles. The van der Waals surface area contributed by atoms with Gasteiger partial charge in [-0.3, -0.25) is 9.59 Å². The summed E-state index contributed by atoms with van der Waals surface area (Å²) in [6, 6.07) is 0. The lowest BCUT2D eigenvalue weighted by Gasteiger charge is -2.33. The van der Waals surface area contributed by atoms with Gasteiger partial charge in [0.25, 0.3) is 0 Å². The van der Waals surface area contributed by atoms with E-state index in [0.717, 1.165) is 32.4 Å². The molecule has 0 radical (unpaired) electrons. The van der Waals surface area contributed by atoms with Crippen LogP contribution in [0.15, 0.2) is 0 Å². The largest absolute Gasteiger partial charge is 0.481 e. The number of carboxylic acids is 1. The fraction of sp³-hybridized carbons (Fsp3) is 0.867. The minimum Gasteiger partial charge on any atom is -0.481 e. The third-order valence-electron chi connectivity index (χ3n) is 4.07. The van der Waals surface area contributed by atoms with E-state index in [9.17, 15) is 9.59 Å². The zero-order valence-corrected chi connectivity index (χ0v) is 12.9. The zero-order valence-electron chi connectivity index (χ0n) is 12.9. The summed E-state index contributed by atoms with van der Waals surface area (Å²) in [5.74, 6) is -0.274. The van der Waals surface area contributed by atoms with Crippen LogP contribution in [0.3, 0.4) is 0 Å². The molecule has 3 N–H and O–H groups in total. The van der Waals surface area contributed by atoms with Crippen molar-refractivity contribution in [1.82, 2.24) is 10.6 Å². The predicted molar refractivity (Wildman–Crippen MR) is 78.4 cm³/mol. The minimum absolute atomic E-state index is 0.0155. The Bertz CT molecular complexity index is 336. The predicted octanol–water partition coefficient (Wildman–Crippen LogP) is 1.63. The number of aliphatic carboxylic acids is 1. The highest BCUT2D eigenvalue weighted by Crippen LogP contribution is 2.28. The first-order valence-electron chi connectivity index (χ1n) is 7.54. The second-order valence-electron chi connectivity index (χ2n) is 6.61. The van der Waals surface area contributed by atoms with Gasteiger partial charge in [0.1, 0.15) is 0 Å². The molecule has 0 bridgehead atoms. The van der Waals surface area contributed by atoms with E-state index in [0.29, 0.717) is 12.5 Å². The maximum Gasteiger partial charge on any atom is 0.303 e. The Morgan fingerprint density at radius 3 is 2.40 bits per heavy atom. The van der Waals surface area contributed by atoms with E-state index in [1.807, 2.05) is 6.92 Å². The van der Waals surface area contributed by atoms with Crippen molar-refractivity contribution in [3.63, 3.8) is 0 Å². The van der Waals surface area contributed by atoms with E-state index in [1.54, 1.807) is 0 Å². The number of piperidine rings is 1. The molecule has 1 saturated heterocycles. The number of carbonyl (C=O) groups is 2. The Balaban J connectivity index is 2.48. The molecule has 116 valence electrons. The highest BCUT2D eigenvalue weighted by atomic mass is 16.4. The summed E-state index contributed by atoms with van der Waals surface area (Å²) in [6.07, 6.45) is 2.63. The van der Waals surface area contributed by atoms with Crippen molar-refractivity contribution in [3.8, 4) is 0 Å². The molecule has 0 aromatic rings. The van der Waals surface area contributed by atoms with Crippen LogP contribution in [-0.4, -0.2) is 36.6 Å². The number of carboxylic acid groups (broad SMARTS) is 1. The van der Waals surface area contributed by atoms with Gasteiger partial charge in [-0.05, 0) is 44.2 Å². The van der Waals surface area contributed by atoms with E-state index in [1.165, 1.54) is 0 Å². The summed E-state index contributed by atoms with van der Waals surface area (Å²) < 4.78 is 0. The number of hydrogen-bond acceptors (Lipinski definition) is 3. The Labute approximate surface area is 121 Å². The van der Waals surface area contributed by atoms with Crippen molar-refractivity contribution >= 4 is 11.9 Å². The molecule has 0 aromatic heterocycles. The molecule has 1 amide bonds. The molecule has 0 spiro atoms. The average Bonchev–Trinajstić information content (AvgIpc) is 2.35. The van der Waals surface area contributed by atoms with E-state index >= 15 is 0 Å². The van der Waals surface area contributed by atoms with Gasteiger partial charge in [0.15, 0.2) is 0 Å². The number of hydrogen-bond donors (Lipinski definition) is 3. The lowest BCUT2D eigenvalue weighted by atomic mass is 9.80. The Morgan fingerprint density at radius 1 is 1.30 bits per heavy atom. The van der Waals surface area contributed by atoms with Gasteiger partial charge in [-0.1, -0.05) is 20.8 Å². The summed E-state index contributed by atoms with van der Waals surface area (Å²) in [5, 5.41) is 15.2. The summed E-state index contributed by atoms with van der Waals surface area (Å²) in [4.78, 5) is 23.2. The van der Waals surface area contributed by atoms with Crippen LogP contribution in [0.2, 0.25) is 0 Å². The monoisotopic (exact) mass is 284 g/mol. The SMILES string of the molecule is CC(C)CC(CNC(=O)C1(C)CCNCC1)CC(=O)O. The Morgan fingerprint density at radius 2 is 1.90 bits per heavy atom. The molecule has 20 heavy (non-hydrogen) atoms. The normalized spacial score (nSPS) is 19.6. The molecule has 1 unspecified atom stereocenters. The minimum atomic E-state index is -0.794. The first-order chi connectivity index (χ1) is 9.33. The van der Waals surface area contributed by atoms with Gasteiger partial charge in [0.05, 0.1) is 0 Å². The maximum atomic E-state index is 12.3. The molecule has 0 aromatic carbocycles. The van der Waals surface area contributed by atoms with Crippen molar-refractivity contribution in [1.29, 1.82) is 0 Å². The lowest BCUT2D eigenvalue weighted by molar-refractivity contribution is -0.139. The van der Waals surface area contributed by atoms with Crippen molar-refractivity contribution in [2.45, 2.75) is 46.5 Å². The quantitative estimate of drug-likeness (QED) is 0.664. The van der Waals surface area contributed by atoms with Gasteiger partial charge in [0.2, 0.25) is 5.91 Å². The fourth-order valence-corrected chi connectivity index (χ4v) is 2.81. The van der Waals surface area contributed by atoms with Crippen molar-refractivity contribution in [2.24, 2.45) is 17.3 Å². The molecule has 1 aliphatic rings. The lowest BCUT2D eigenvalue weighted by Crippen LogP contribution is -2.47.